The van der Waals surface area contributed by atoms with E-state index in [1.807, 2.05) is 0 Å². The summed E-state index contributed by atoms with van der Waals surface area (Å²) in [5.74, 6) is -1.10. The molecule has 0 aromatic rings. The highest BCUT2D eigenvalue weighted by Gasteiger charge is 2.60. The van der Waals surface area contributed by atoms with Crippen LogP contribution in [-0.2, 0) is 9.59 Å². The van der Waals surface area contributed by atoms with Crippen molar-refractivity contribution in [2.75, 3.05) is 19.6 Å². The molecule has 19 heavy (non-hydrogen) atoms. The highest BCUT2D eigenvalue weighted by molar-refractivity contribution is 5.88. The largest absolute Gasteiger partial charge is 0.480 e. The van der Waals surface area contributed by atoms with E-state index in [1.165, 1.54) is 4.90 Å². The van der Waals surface area contributed by atoms with Gasteiger partial charge < -0.3 is 20.4 Å². The van der Waals surface area contributed by atoms with Crippen LogP contribution in [0.1, 0.15) is 25.7 Å². The number of aliphatic hydroxyl groups is 1. The van der Waals surface area contributed by atoms with Crippen molar-refractivity contribution in [1.82, 2.24) is 10.2 Å². The Labute approximate surface area is 111 Å². The molecule has 3 unspecified atom stereocenters. The van der Waals surface area contributed by atoms with Gasteiger partial charge in [-0.3, -0.25) is 4.79 Å². The number of aliphatic carboxylic acids is 1. The second-order valence-corrected chi connectivity index (χ2v) is 6.10. The number of rotatable bonds is 2. The summed E-state index contributed by atoms with van der Waals surface area (Å²) in [7, 11) is 0. The van der Waals surface area contributed by atoms with E-state index >= 15 is 0 Å². The number of nitrogens with one attached hydrogen (secondary N) is 1. The minimum atomic E-state index is -1.01. The van der Waals surface area contributed by atoms with Crippen molar-refractivity contribution in [3.63, 3.8) is 0 Å². The number of nitrogens with zero attached hydrogens (tertiary/aromatic N) is 1. The van der Waals surface area contributed by atoms with Crippen molar-refractivity contribution < 1.29 is 19.8 Å². The highest BCUT2D eigenvalue weighted by Crippen LogP contribution is 2.59. The summed E-state index contributed by atoms with van der Waals surface area (Å²) in [6.07, 6.45) is 2.33. The number of hydrogen-bond donors (Lipinski definition) is 3. The summed E-state index contributed by atoms with van der Waals surface area (Å²) >= 11 is 0. The van der Waals surface area contributed by atoms with Gasteiger partial charge in [0.25, 0.3) is 0 Å². The lowest BCUT2D eigenvalue weighted by Gasteiger charge is -2.26. The zero-order chi connectivity index (χ0) is 13.6. The molecule has 0 bridgehead atoms. The van der Waals surface area contributed by atoms with Crippen LogP contribution in [0.25, 0.3) is 0 Å². The first-order valence-corrected chi connectivity index (χ1v) is 6.95. The van der Waals surface area contributed by atoms with Crippen LogP contribution in [0.3, 0.4) is 0 Å². The molecule has 6 nitrogen and oxygen atoms in total. The average molecular weight is 268 g/mol. The molecule has 3 aliphatic rings. The summed E-state index contributed by atoms with van der Waals surface area (Å²) in [6, 6.07) is -0.845. The Morgan fingerprint density at radius 3 is 2.58 bits per heavy atom. The first kappa shape index (κ1) is 12.9. The summed E-state index contributed by atoms with van der Waals surface area (Å²) in [5.41, 5.74) is 0.110. The van der Waals surface area contributed by atoms with Gasteiger partial charge in [0.15, 0.2) is 0 Å². The SMILES string of the molecule is O=C(O)C1CC(O)CN1C(=O)C1CC12CCNCC2. The lowest BCUT2D eigenvalue weighted by Crippen LogP contribution is -2.43. The molecule has 3 atom stereocenters. The van der Waals surface area contributed by atoms with Crippen molar-refractivity contribution in [3.8, 4) is 0 Å². The molecule has 1 saturated carbocycles. The quantitative estimate of drug-likeness (QED) is 0.623. The fraction of sp³-hybridized carbons (Fsp3) is 0.846. The van der Waals surface area contributed by atoms with Crippen LogP contribution in [0.15, 0.2) is 0 Å². The predicted octanol–water partition coefficient (Wildman–Crippen LogP) is -0.577. The first-order valence-electron chi connectivity index (χ1n) is 6.95. The highest BCUT2D eigenvalue weighted by atomic mass is 16.4. The summed E-state index contributed by atoms with van der Waals surface area (Å²) in [4.78, 5) is 25.0. The normalized spacial score (nSPS) is 36.5. The zero-order valence-electron chi connectivity index (χ0n) is 10.8. The minimum absolute atomic E-state index is 0.0262. The molecule has 0 aromatic heterocycles. The number of hydrogen-bond acceptors (Lipinski definition) is 4. The molecule has 1 aliphatic carbocycles. The van der Waals surface area contributed by atoms with E-state index < -0.39 is 18.1 Å². The topological polar surface area (TPSA) is 89.9 Å². The molecule has 1 amide bonds. The number of piperidine rings is 1. The fourth-order valence-corrected chi connectivity index (χ4v) is 3.67. The number of amides is 1. The van der Waals surface area contributed by atoms with E-state index in [4.69, 9.17) is 5.11 Å². The van der Waals surface area contributed by atoms with E-state index in [0.717, 1.165) is 32.4 Å². The molecular weight excluding hydrogens is 248 g/mol. The molecule has 2 saturated heterocycles. The Balaban J connectivity index is 1.69. The predicted molar refractivity (Wildman–Crippen MR) is 66.4 cm³/mol. The van der Waals surface area contributed by atoms with Gasteiger partial charge in [-0.05, 0) is 37.8 Å². The number of β-amino-alcohol motifs (C(OH)–C–C–N with tert-alkyl or cyclic N) is 1. The molecule has 6 heteroatoms. The van der Waals surface area contributed by atoms with Crippen molar-refractivity contribution in [2.24, 2.45) is 11.3 Å². The van der Waals surface area contributed by atoms with Gasteiger partial charge in [-0.25, -0.2) is 4.79 Å². The number of likely N-dealkylation sites (tertiary alicyclic amines) is 1. The van der Waals surface area contributed by atoms with Gasteiger partial charge in [0.1, 0.15) is 6.04 Å². The van der Waals surface area contributed by atoms with Crippen LogP contribution in [0.5, 0.6) is 0 Å². The van der Waals surface area contributed by atoms with Crippen molar-refractivity contribution in [3.05, 3.63) is 0 Å². The monoisotopic (exact) mass is 268 g/mol. The smallest absolute Gasteiger partial charge is 0.326 e. The van der Waals surface area contributed by atoms with E-state index in [9.17, 15) is 14.7 Å². The average Bonchev–Trinajstić information content (AvgIpc) is 2.90. The van der Waals surface area contributed by atoms with Crippen LogP contribution < -0.4 is 5.32 Å². The maximum atomic E-state index is 12.5. The van der Waals surface area contributed by atoms with Crippen LogP contribution in [0, 0.1) is 11.3 Å². The van der Waals surface area contributed by atoms with Gasteiger partial charge >= 0.3 is 5.97 Å². The maximum Gasteiger partial charge on any atom is 0.326 e. The Morgan fingerprint density at radius 1 is 1.26 bits per heavy atom. The lowest BCUT2D eigenvalue weighted by molar-refractivity contribution is -0.149. The standard InChI is InChI=1S/C13H20N2O4/c16-8-5-10(12(18)19)15(7-8)11(17)9-6-13(9)1-3-14-4-2-13/h8-10,14,16H,1-7H2,(H,18,19). The van der Waals surface area contributed by atoms with Crippen LogP contribution in [-0.4, -0.2) is 58.8 Å². The Bertz CT molecular complexity index is 405. The molecule has 106 valence electrons. The van der Waals surface area contributed by atoms with Crippen molar-refractivity contribution in [2.45, 2.75) is 37.8 Å². The van der Waals surface area contributed by atoms with Crippen molar-refractivity contribution in [1.29, 1.82) is 0 Å². The van der Waals surface area contributed by atoms with E-state index in [1.54, 1.807) is 0 Å². The first-order chi connectivity index (χ1) is 9.03. The molecule has 0 radical (unpaired) electrons. The number of carboxylic acid groups (broad SMARTS) is 1. The molecule has 3 fully saturated rings. The zero-order valence-corrected chi connectivity index (χ0v) is 10.8. The van der Waals surface area contributed by atoms with Gasteiger partial charge in [0.2, 0.25) is 5.91 Å². The second-order valence-electron chi connectivity index (χ2n) is 6.10. The number of aliphatic hydroxyl groups excluding tert-OH is 1. The van der Waals surface area contributed by atoms with Gasteiger partial charge in [-0.1, -0.05) is 0 Å². The Kier molecular flexibility index (Phi) is 3.02. The molecule has 3 N–H and O–H groups in total. The van der Waals surface area contributed by atoms with Gasteiger partial charge in [0.05, 0.1) is 6.10 Å². The van der Waals surface area contributed by atoms with Crippen molar-refractivity contribution >= 4 is 11.9 Å². The third-order valence-electron chi connectivity index (χ3n) is 4.93. The van der Waals surface area contributed by atoms with Crippen LogP contribution in [0.4, 0.5) is 0 Å². The molecule has 0 aromatic carbocycles. The summed E-state index contributed by atoms with van der Waals surface area (Å²) < 4.78 is 0. The number of carbonyl (C=O) groups is 2. The molecular formula is C13H20N2O4. The summed E-state index contributed by atoms with van der Waals surface area (Å²) in [6.45, 7) is 2.05. The van der Waals surface area contributed by atoms with E-state index in [0.29, 0.717) is 0 Å². The van der Waals surface area contributed by atoms with Crippen LogP contribution >= 0.6 is 0 Å². The van der Waals surface area contributed by atoms with E-state index in [-0.39, 0.29) is 30.2 Å². The summed E-state index contributed by atoms with van der Waals surface area (Å²) in [5, 5.41) is 22.0. The lowest BCUT2D eigenvalue weighted by atomic mass is 9.91. The second kappa shape index (κ2) is 4.45. The third kappa shape index (κ3) is 2.12. The maximum absolute atomic E-state index is 12.5. The third-order valence-corrected chi connectivity index (χ3v) is 4.93. The number of carboxylic acids is 1. The van der Waals surface area contributed by atoms with Gasteiger partial charge in [-0.15, -0.1) is 0 Å². The van der Waals surface area contributed by atoms with E-state index in [2.05, 4.69) is 5.32 Å². The molecule has 2 aliphatic heterocycles. The number of carbonyl (C=O) groups excluding carboxylic acids is 1. The Hall–Kier alpha value is -1.14. The van der Waals surface area contributed by atoms with Gasteiger partial charge in [0, 0.05) is 18.9 Å². The van der Waals surface area contributed by atoms with Crippen LogP contribution in [0.2, 0.25) is 0 Å². The minimum Gasteiger partial charge on any atom is -0.480 e. The fourth-order valence-electron chi connectivity index (χ4n) is 3.67. The van der Waals surface area contributed by atoms with Gasteiger partial charge in [-0.2, -0.15) is 0 Å². The Morgan fingerprint density at radius 2 is 1.95 bits per heavy atom. The molecule has 1 spiro atoms. The molecule has 3 rings (SSSR count). The molecule has 2 heterocycles.